The van der Waals surface area contributed by atoms with Crippen molar-refractivity contribution in [2.24, 2.45) is 0 Å². The number of anilines is 1. The number of likely N-dealkylation sites (N-methyl/N-ethyl adjacent to an activating group) is 2. The zero-order valence-electron chi connectivity index (χ0n) is 17.6. The highest BCUT2D eigenvalue weighted by Gasteiger charge is 2.34. The molecule has 2 unspecified atom stereocenters. The average molecular weight is 509 g/mol. The van der Waals surface area contributed by atoms with Crippen LogP contribution >= 0.6 is 27.7 Å². The van der Waals surface area contributed by atoms with Gasteiger partial charge >= 0.3 is 0 Å². The van der Waals surface area contributed by atoms with Crippen LogP contribution in [0.2, 0.25) is 0 Å². The van der Waals surface area contributed by atoms with Gasteiger partial charge in [0.05, 0.1) is 17.8 Å². The Hall–Kier alpha value is -2.33. The third-order valence-corrected chi connectivity index (χ3v) is 7.24. The predicted molar refractivity (Wildman–Crippen MR) is 124 cm³/mol. The molecule has 2 aliphatic heterocycles. The molecule has 0 aliphatic carbocycles. The van der Waals surface area contributed by atoms with E-state index < -0.39 is 0 Å². The maximum absolute atomic E-state index is 12.6. The number of halogens is 1. The molecule has 31 heavy (non-hydrogen) atoms. The summed E-state index contributed by atoms with van der Waals surface area (Å²) < 4.78 is 0.961. The van der Waals surface area contributed by atoms with Crippen molar-refractivity contribution in [3.05, 3.63) is 39.2 Å². The Morgan fingerprint density at radius 3 is 2.68 bits per heavy atom. The van der Waals surface area contributed by atoms with Gasteiger partial charge in [0.1, 0.15) is 0 Å². The summed E-state index contributed by atoms with van der Waals surface area (Å²) in [4.78, 5) is 52.2. The van der Waals surface area contributed by atoms with Crippen LogP contribution in [0.1, 0.15) is 28.8 Å². The Kier molecular flexibility index (Phi) is 7.42. The van der Waals surface area contributed by atoms with Crippen LogP contribution in [-0.4, -0.2) is 67.0 Å². The van der Waals surface area contributed by atoms with Gasteiger partial charge in [-0.25, -0.2) is 0 Å². The molecule has 2 atom stereocenters. The van der Waals surface area contributed by atoms with Gasteiger partial charge in [-0.15, -0.1) is 11.8 Å². The summed E-state index contributed by atoms with van der Waals surface area (Å²) >= 11 is 4.87. The molecule has 0 radical (unpaired) electrons. The van der Waals surface area contributed by atoms with Crippen molar-refractivity contribution >= 4 is 57.0 Å². The van der Waals surface area contributed by atoms with Crippen molar-refractivity contribution in [3.8, 4) is 0 Å². The van der Waals surface area contributed by atoms with E-state index in [2.05, 4.69) is 26.6 Å². The zero-order chi connectivity index (χ0) is 22.7. The van der Waals surface area contributed by atoms with Crippen molar-refractivity contribution in [1.29, 1.82) is 0 Å². The molecule has 0 saturated carbocycles. The molecule has 4 amide bonds. The van der Waals surface area contributed by atoms with Crippen LogP contribution < -0.4 is 15.5 Å². The molecule has 2 N–H and O–H groups in total. The minimum absolute atomic E-state index is 0.0338. The van der Waals surface area contributed by atoms with Gasteiger partial charge in [0.25, 0.3) is 5.91 Å². The first kappa shape index (κ1) is 23.3. The number of carbonyl (C=O) groups excluding carboxylic acids is 4. The lowest BCUT2D eigenvalue weighted by Gasteiger charge is -2.21. The number of benzene rings is 1. The third kappa shape index (κ3) is 5.48. The first-order valence-corrected chi connectivity index (χ1v) is 11.6. The summed E-state index contributed by atoms with van der Waals surface area (Å²) in [6.07, 6.45) is 2.88. The SMILES string of the molecule is CNC(=O)CN(C)C(=O)c1ccc(N2CC(NC(=O)C3CC=C(Br)S3)CC2=O)cc1C. The smallest absolute Gasteiger partial charge is 0.254 e. The van der Waals surface area contributed by atoms with E-state index in [4.69, 9.17) is 0 Å². The molecular formula is C21H25BrN4O4S. The molecule has 0 bridgehead atoms. The molecule has 10 heteroatoms. The fourth-order valence-corrected chi connectivity index (χ4v) is 5.26. The predicted octanol–water partition coefficient (Wildman–Crippen LogP) is 1.78. The van der Waals surface area contributed by atoms with E-state index in [-0.39, 0.29) is 47.9 Å². The van der Waals surface area contributed by atoms with Crippen LogP contribution in [0, 0.1) is 6.92 Å². The first-order chi connectivity index (χ1) is 14.7. The van der Waals surface area contributed by atoms with Crippen molar-refractivity contribution in [2.45, 2.75) is 31.1 Å². The molecule has 1 fully saturated rings. The molecular weight excluding hydrogens is 484 g/mol. The molecule has 2 aliphatic rings. The fraction of sp³-hybridized carbons (Fsp3) is 0.429. The minimum Gasteiger partial charge on any atom is -0.358 e. The third-order valence-electron chi connectivity index (χ3n) is 5.27. The van der Waals surface area contributed by atoms with Gasteiger partial charge in [0.15, 0.2) is 0 Å². The van der Waals surface area contributed by atoms with Crippen molar-refractivity contribution < 1.29 is 19.2 Å². The number of allylic oxidation sites excluding steroid dienone is 1. The Morgan fingerprint density at radius 1 is 1.32 bits per heavy atom. The van der Waals surface area contributed by atoms with Gasteiger partial charge in [0.2, 0.25) is 17.7 Å². The van der Waals surface area contributed by atoms with E-state index in [1.54, 1.807) is 37.1 Å². The van der Waals surface area contributed by atoms with E-state index in [9.17, 15) is 19.2 Å². The highest BCUT2D eigenvalue weighted by Crippen LogP contribution is 2.36. The van der Waals surface area contributed by atoms with Crippen molar-refractivity contribution in [3.63, 3.8) is 0 Å². The number of hydrogen-bond acceptors (Lipinski definition) is 5. The summed E-state index contributed by atoms with van der Waals surface area (Å²) in [6.45, 7) is 2.15. The highest BCUT2D eigenvalue weighted by molar-refractivity contribution is 9.14. The minimum atomic E-state index is -0.264. The summed E-state index contributed by atoms with van der Waals surface area (Å²) in [5.74, 6) is -0.648. The fourth-order valence-electron chi connectivity index (χ4n) is 3.57. The number of amides is 4. The second kappa shape index (κ2) is 9.86. The molecule has 1 saturated heterocycles. The van der Waals surface area contributed by atoms with E-state index in [1.165, 1.54) is 23.7 Å². The molecule has 8 nitrogen and oxygen atoms in total. The number of thioether (sulfide) groups is 1. The second-order valence-electron chi connectivity index (χ2n) is 7.60. The monoisotopic (exact) mass is 508 g/mol. The topological polar surface area (TPSA) is 98.8 Å². The molecule has 0 spiro atoms. The zero-order valence-corrected chi connectivity index (χ0v) is 20.0. The summed E-state index contributed by atoms with van der Waals surface area (Å²) in [6, 6.07) is 4.94. The van der Waals surface area contributed by atoms with E-state index in [0.717, 1.165) is 3.81 Å². The van der Waals surface area contributed by atoms with Gasteiger partial charge in [-0.05, 0) is 53.0 Å². The largest absolute Gasteiger partial charge is 0.358 e. The van der Waals surface area contributed by atoms with Crippen LogP contribution in [0.25, 0.3) is 0 Å². The maximum atomic E-state index is 12.6. The lowest BCUT2D eigenvalue weighted by molar-refractivity contribution is -0.122. The van der Waals surface area contributed by atoms with Crippen molar-refractivity contribution in [1.82, 2.24) is 15.5 Å². The standard InChI is InChI=1S/C21H25BrN4O4S/c1-12-8-14(4-5-15(12)21(30)25(3)11-18(27)23-2)26-10-13(9-19(26)28)24-20(29)16-6-7-17(22)31-16/h4-5,7-8,13,16H,6,9-11H2,1-3H3,(H,23,27)(H,24,29). The van der Waals surface area contributed by atoms with Gasteiger partial charge in [-0.1, -0.05) is 6.08 Å². The van der Waals surface area contributed by atoms with Crippen LogP contribution in [0.5, 0.6) is 0 Å². The Morgan fingerprint density at radius 2 is 2.06 bits per heavy atom. The van der Waals surface area contributed by atoms with Crippen molar-refractivity contribution in [2.75, 3.05) is 32.1 Å². The Balaban J connectivity index is 1.64. The first-order valence-electron chi connectivity index (χ1n) is 9.89. The van der Waals surface area contributed by atoms with Crippen LogP contribution in [0.15, 0.2) is 28.1 Å². The van der Waals surface area contributed by atoms with E-state index in [0.29, 0.717) is 29.8 Å². The number of rotatable bonds is 6. The second-order valence-corrected chi connectivity index (χ2v) is 10.2. The molecule has 0 aromatic heterocycles. The number of aryl methyl sites for hydroxylation is 1. The summed E-state index contributed by atoms with van der Waals surface area (Å²) in [5.41, 5.74) is 1.87. The van der Waals surface area contributed by atoms with E-state index >= 15 is 0 Å². The van der Waals surface area contributed by atoms with E-state index in [1.807, 2.05) is 6.08 Å². The molecule has 2 heterocycles. The van der Waals surface area contributed by atoms with Crippen LogP contribution in [0.3, 0.4) is 0 Å². The Bertz CT molecular complexity index is 951. The number of carbonyl (C=O) groups is 4. The lowest BCUT2D eigenvalue weighted by atomic mass is 10.1. The summed E-state index contributed by atoms with van der Waals surface area (Å²) in [5, 5.41) is 5.30. The molecule has 1 aromatic rings. The molecule has 1 aromatic carbocycles. The van der Waals surface area contributed by atoms with Crippen LogP contribution in [-0.2, 0) is 14.4 Å². The number of hydrogen-bond donors (Lipinski definition) is 2. The quantitative estimate of drug-likeness (QED) is 0.610. The average Bonchev–Trinajstić information content (AvgIpc) is 3.32. The Labute approximate surface area is 193 Å². The van der Waals surface area contributed by atoms with Gasteiger partial charge in [0, 0.05) is 42.1 Å². The lowest BCUT2D eigenvalue weighted by Crippen LogP contribution is -2.41. The molecule has 166 valence electrons. The number of nitrogens with zero attached hydrogens (tertiary/aromatic N) is 2. The normalized spacial score (nSPS) is 20.5. The number of nitrogens with one attached hydrogen (secondary N) is 2. The summed E-state index contributed by atoms with van der Waals surface area (Å²) in [7, 11) is 3.09. The van der Waals surface area contributed by atoms with Gasteiger partial charge in [-0.3, -0.25) is 19.2 Å². The molecule has 3 rings (SSSR count). The van der Waals surface area contributed by atoms with Gasteiger partial charge < -0.3 is 20.4 Å². The maximum Gasteiger partial charge on any atom is 0.254 e. The highest BCUT2D eigenvalue weighted by atomic mass is 79.9. The van der Waals surface area contributed by atoms with Gasteiger partial charge in [-0.2, -0.15) is 0 Å². The van der Waals surface area contributed by atoms with Crippen LogP contribution in [0.4, 0.5) is 5.69 Å².